The van der Waals surface area contributed by atoms with Crippen molar-refractivity contribution in [3.8, 4) is 5.75 Å². The first-order valence-electron chi connectivity index (χ1n) is 7.50. The molecule has 0 radical (unpaired) electrons. The number of hydrogen-bond acceptors (Lipinski definition) is 5. The summed E-state index contributed by atoms with van der Waals surface area (Å²) < 4.78 is 0. The van der Waals surface area contributed by atoms with E-state index < -0.39 is 17.5 Å². The number of aromatic hydroxyl groups is 1. The van der Waals surface area contributed by atoms with Crippen molar-refractivity contribution in [2.24, 2.45) is 0 Å². The highest BCUT2D eigenvalue weighted by molar-refractivity contribution is 7.19. The van der Waals surface area contributed by atoms with Crippen molar-refractivity contribution in [1.29, 1.82) is 0 Å². The molecule has 0 aliphatic heterocycles. The Morgan fingerprint density at radius 3 is 2.24 bits per heavy atom. The highest BCUT2D eigenvalue weighted by Crippen LogP contribution is 2.41. The second-order valence-electron chi connectivity index (χ2n) is 5.48. The number of aryl methyl sites for hydroxylation is 1. The highest BCUT2D eigenvalue weighted by atomic mass is 32.1. The zero-order valence-corrected chi connectivity index (χ0v) is 14.1. The van der Waals surface area contributed by atoms with Gasteiger partial charge in [-0.1, -0.05) is 48.0 Å². The van der Waals surface area contributed by atoms with E-state index in [9.17, 15) is 19.8 Å². The Kier molecular flexibility index (Phi) is 4.54. The van der Waals surface area contributed by atoms with Gasteiger partial charge in [-0.05, 0) is 19.1 Å². The molecule has 0 saturated carbocycles. The standard InChI is InChI=1S/C19H15NO4S/c1-11-7-9-12(10-8-11)15(21)17-16(22)14(19(23)24)18(25-17)20-13-5-3-2-4-6-13/h2-10,20,22H,1H3,(H,23,24). The van der Waals surface area contributed by atoms with Crippen molar-refractivity contribution < 1.29 is 19.8 Å². The minimum atomic E-state index is -1.30. The maximum absolute atomic E-state index is 12.6. The van der Waals surface area contributed by atoms with E-state index in [4.69, 9.17) is 0 Å². The van der Waals surface area contributed by atoms with Crippen LogP contribution in [0.3, 0.4) is 0 Å². The Balaban J connectivity index is 2.03. The number of nitrogens with one attached hydrogen (secondary N) is 1. The first-order chi connectivity index (χ1) is 12.0. The summed E-state index contributed by atoms with van der Waals surface area (Å²) in [6.45, 7) is 1.90. The van der Waals surface area contributed by atoms with Gasteiger partial charge in [0, 0.05) is 11.3 Å². The van der Waals surface area contributed by atoms with Crippen LogP contribution < -0.4 is 5.32 Å². The van der Waals surface area contributed by atoms with E-state index in [0.717, 1.165) is 16.9 Å². The van der Waals surface area contributed by atoms with Gasteiger partial charge in [-0.3, -0.25) is 4.79 Å². The van der Waals surface area contributed by atoms with Crippen LogP contribution in [0, 0.1) is 6.92 Å². The number of aromatic carboxylic acids is 1. The molecule has 25 heavy (non-hydrogen) atoms. The van der Waals surface area contributed by atoms with Crippen LogP contribution in [0.15, 0.2) is 54.6 Å². The molecule has 2 aromatic carbocycles. The first kappa shape index (κ1) is 16.7. The highest BCUT2D eigenvalue weighted by Gasteiger charge is 2.27. The Morgan fingerprint density at radius 1 is 1.00 bits per heavy atom. The zero-order chi connectivity index (χ0) is 18.0. The molecule has 0 unspecified atom stereocenters. The van der Waals surface area contributed by atoms with Crippen molar-refractivity contribution in [3.63, 3.8) is 0 Å². The summed E-state index contributed by atoms with van der Waals surface area (Å²) in [5.74, 6) is -2.22. The summed E-state index contributed by atoms with van der Waals surface area (Å²) in [5, 5.41) is 22.9. The Labute approximate surface area is 148 Å². The minimum Gasteiger partial charge on any atom is -0.505 e. The summed E-state index contributed by atoms with van der Waals surface area (Å²) in [6, 6.07) is 15.9. The number of carbonyl (C=O) groups excluding carboxylic acids is 1. The van der Waals surface area contributed by atoms with Gasteiger partial charge in [0.15, 0.2) is 5.75 Å². The molecule has 0 amide bonds. The van der Waals surface area contributed by atoms with Gasteiger partial charge in [-0.2, -0.15) is 0 Å². The predicted octanol–water partition coefficient (Wildman–Crippen LogP) is 4.43. The fourth-order valence-corrected chi connectivity index (χ4v) is 3.42. The van der Waals surface area contributed by atoms with Crippen LogP contribution in [0.4, 0.5) is 10.7 Å². The average Bonchev–Trinajstić information content (AvgIpc) is 2.92. The van der Waals surface area contributed by atoms with Crippen LogP contribution in [0.2, 0.25) is 0 Å². The maximum Gasteiger partial charge on any atom is 0.342 e. The van der Waals surface area contributed by atoms with Crippen molar-refractivity contribution in [2.75, 3.05) is 5.32 Å². The van der Waals surface area contributed by atoms with Gasteiger partial charge in [0.05, 0.1) is 0 Å². The first-order valence-corrected chi connectivity index (χ1v) is 8.31. The van der Waals surface area contributed by atoms with Gasteiger partial charge in [0.2, 0.25) is 5.78 Å². The fourth-order valence-electron chi connectivity index (χ4n) is 2.35. The number of ketones is 1. The quantitative estimate of drug-likeness (QED) is 0.591. The minimum absolute atomic E-state index is 0.000292. The lowest BCUT2D eigenvalue weighted by atomic mass is 10.1. The van der Waals surface area contributed by atoms with E-state index >= 15 is 0 Å². The van der Waals surface area contributed by atoms with Crippen LogP contribution in [-0.2, 0) is 0 Å². The molecular weight excluding hydrogens is 338 g/mol. The van der Waals surface area contributed by atoms with Gasteiger partial charge < -0.3 is 15.5 Å². The zero-order valence-electron chi connectivity index (χ0n) is 13.3. The number of thiophene rings is 1. The second-order valence-corrected chi connectivity index (χ2v) is 6.50. The van der Waals surface area contributed by atoms with Gasteiger partial charge in [-0.25, -0.2) is 4.79 Å². The Bertz CT molecular complexity index is 930. The van der Waals surface area contributed by atoms with E-state index in [1.807, 2.05) is 13.0 Å². The van der Waals surface area contributed by atoms with Crippen LogP contribution in [0.5, 0.6) is 5.75 Å². The van der Waals surface area contributed by atoms with E-state index in [1.165, 1.54) is 0 Å². The van der Waals surface area contributed by atoms with Crippen LogP contribution in [-0.4, -0.2) is 22.0 Å². The number of hydrogen-bond donors (Lipinski definition) is 3. The normalized spacial score (nSPS) is 10.4. The van der Waals surface area contributed by atoms with Crippen molar-refractivity contribution in [3.05, 3.63) is 76.2 Å². The van der Waals surface area contributed by atoms with Crippen molar-refractivity contribution in [1.82, 2.24) is 0 Å². The number of para-hydroxylation sites is 1. The molecule has 0 bridgehead atoms. The van der Waals surface area contributed by atoms with Gasteiger partial charge in [-0.15, -0.1) is 11.3 Å². The van der Waals surface area contributed by atoms with Crippen molar-refractivity contribution in [2.45, 2.75) is 6.92 Å². The van der Waals surface area contributed by atoms with Gasteiger partial charge >= 0.3 is 5.97 Å². The van der Waals surface area contributed by atoms with E-state index in [1.54, 1.807) is 48.5 Å². The lowest BCUT2D eigenvalue weighted by Crippen LogP contribution is -2.01. The molecule has 3 rings (SSSR count). The number of anilines is 2. The third-order valence-electron chi connectivity index (χ3n) is 3.65. The molecule has 0 saturated heterocycles. The third-order valence-corrected chi connectivity index (χ3v) is 4.74. The molecule has 1 aromatic heterocycles. The smallest absolute Gasteiger partial charge is 0.342 e. The molecule has 6 heteroatoms. The summed E-state index contributed by atoms with van der Waals surface area (Å²) >= 11 is 0.925. The van der Waals surface area contributed by atoms with Crippen LogP contribution >= 0.6 is 11.3 Å². The lowest BCUT2D eigenvalue weighted by Gasteiger charge is -2.04. The number of carbonyl (C=O) groups is 2. The van der Waals surface area contributed by atoms with Gasteiger partial charge in [0.25, 0.3) is 0 Å². The SMILES string of the molecule is Cc1ccc(C(=O)c2sc(Nc3ccccc3)c(C(=O)O)c2O)cc1. The monoisotopic (exact) mass is 353 g/mol. The molecule has 5 nitrogen and oxygen atoms in total. The topological polar surface area (TPSA) is 86.6 Å². The third kappa shape index (κ3) is 3.39. The molecule has 0 fully saturated rings. The molecular formula is C19H15NO4S. The number of benzene rings is 2. The molecule has 0 atom stereocenters. The summed E-state index contributed by atoms with van der Waals surface area (Å²) in [7, 11) is 0. The van der Waals surface area contributed by atoms with Crippen molar-refractivity contribution >= 4 is 33.8 Å². The molecule has 3 N–H and O–H groups in total. The number of rotatable bonds is 5. The van der Waals surface area contributed by atoms with E-state index in [2.05, 4.69) is 5.32 Å². The van der Waals surface area contributed by atoms with Crippen LogP contribution in [0.25, 0.3) is 0 Å². The average molecular weight is 353 g/mol. The van der Waals surface area contributed by atoms with E-state index in [-0.39, 0.29) is 15.4 Å². The predicted molar refractivity (Wildman–Crippen MR) is 97.3 cm³/mol. The Morgan fingerprint density at radius 2 is 1.64 bits per heavy atom. The lowest BCUT2D eigenvalue weighted by molar-refractivity contribution is 0.0695. The number of carboxylic acid groups (broad SMARTS) is 1. The Hall–Kier alpha value is -3.12. The molecule has 0 spiro atoms. The fraction of sp³-hybridized carbons (Fsp3) is 0.0526. The molecule has 1 heterocycles. The van der Waals surface area contributed by atoms with Gasteiger partial charge in [0.1, 0.15) is 15.4 Å². The molecule has 0 aliphatic rings. The molecule has 0 aliphatic carbocycles. The second kappa shape index (κ2) is 6.78. The summed E-state index contributed by atoms with van der Waals surface area (Å²) in [5.41, 5.74) is 1.76. The van der Waals surface area contributed by atoms with Crippen LogP contribution in [0.1, 0.15) is 31.2 Å². The molecule has 3 aromatic rings. The number of carboxylic acids is 1. The summed E-state index contributed by atoms with van der Waals surface area (Å²) in [4.78, 5) is 24.2. The van der Waals surface area contributed by atoms with E-state index in [0.29, 0.717) is 11.3 Å². The largest absolute Gasteiger partial charge is 0.505 e. The maximum atomic E-state index is 12.6. The molecule has 126 valence electrons. The summed E-state index contributed by atoms with van der Waals surface area (Å²) in [6.07, 6.45) is 0.